The first-order valence-electron chi connectivity index (χ1n) is 3.40. The summed E-state index contributed by atoms with van der Waals surface area (Å²) in [4.78, 5) is 15.0. The van der Waals surface area contributed by atoms with Gasteiger partial charge in [-0.15, -0.1) is 0 Å². The normalized spacial score (nSPS) is 11.2. The van der Waals surface area contributed by atoms with Gasteiger partial charge in [0.1, 0.15) is 11.4 Å². The molecular weight excluding hydrogens is 156 g/mol. The van der Waals surface area contributed by atoms with Crippen LogP contribution in [-0.4, -0.2) is 21.7 Å². The molecule has 12 heavy (non-hydrogen) atoms. The number of hydrogen-bond acceptors (Lipinski definition) is 4. The van der Waals surface area contributed by atoms with Crippen molar-refractivity contribution in [2.45, 2.75) is 6.92 Å². The van der Waals surface area contributed by atoms with Gasteiger partial charge in [0.2, 0.25) is 5.78 Å². The molecule has 0 aliphatic heterocycles. The van der Waals surface area contributed by atoms with Crippen LogP contribution in [0.5, 0.6) is 0 Å². The Morgan fingerprint density at radius 1 is 1.58 bits per heavy atom. The van der Waals surface area contributed by atoms with Crippen molar-refractivity contribution in [2.75, 3.05) is 0 Å². The van der Waals surface area contributed by atoms with Gasteiger partial charge in [0.15, 0.2) is 0 Å². The number of oxime groups is 1. The van der Waals surface area contributed by atoms with Crippen LogP contribution in [0.2, 0.25) is 0 Å². The highest BCUT2D eigenvalue weighted by Gasteiger charge is 2.09. The topological polar surface area (TPSA) is 62.6 Å². The summed E-state index contributed by atoms with van der Waals surface area (Å²) in [5.41, 5.74) is 0.321. The maximum atomic E-state index is 11.2. The fourth-order valence-corrected chi connectivity index (χ4v) is 0.728. The summed E-state index contributed by atoms with van der Waals surface area (Å²) < 4.78 is 0. The lowest BCUT2D eigenvalue weighted by Gasteiger charge is -1.95. The lowest BCUT2D eigenvalue weighted by molar-refractivity contribution is 0.105. The molecule has 4 nitrogen and oxygen atoms in total. The average Bonchev–Trinajstić information content (AvgIpc) is 2.17. The van der Waals surface area contributed by atoms with Crippen LogP contribution in [0, 0.1) is 0 Å². The second-order valence-electron chi connectivity index (χ2n) is 2.23. The van der Waals surface area contributed by atoms with Crippen molar-refractivity contribution in [3.63, 3.8) is 0 Å². The summed E-state index contributed by atoms with van der Waals surface area (Å²) in [6.45, 7) is 1.43. The first-order chi connectivity index (χ1) is 5.75. The molecular formula is C8H8N2O2. The van der Waals surface area contributed by atoms with Crippen molar-refractivity contribution < 1.29 is 10.0 Å². The zero-order valence-electron chi connectivity index (χ0n) is 6.56. The number of pyridine rings is 1. The van der Waals surface area contributed by atoms with E-state index in [1.54, 1.807) is 18.2 Å². The largest absolute Gasteiger partial charge is 0.411 e. The summed E-state index contributed by atoms with van der Waals surface area (Å²) >= 11 is 0. The van der Waals surface area contributed by atoms with E-state index < -0.39 is 0 Å². The molecule has 0 unspecified atom stereocenters. The summed E-state index contributed by atoms with van der Waals surface area (Å²) in [5, 5.41) is 11.1. The molecule has 62 valence electrons. The predicted molar refractivity (Wildman–Crippen MR) is 43.5 cm³/mol. The average molecular weight is 164 g/mol. The van der Waals surface area contributed by atoms with E-state index in [-0.39, 0.29) is 17.2 Å². The van der Waals surface area contributed by atoms with Gasteiger partial charge in [0, 0.05) is 6.20 Å². The minimum absolute atomic E-state index is 0.0358. The van der Waals surface area contributed by atoms with E-state index in [9.17, 15) is 4.79 Å². The first kappa shape index (κ1) is 8.39. The number of hydrogen-bond donors (Lipinski definition) is 1. The van der Waals surface area contributed by atoms with Crippen molar-refractivity contribution in [2.24, 2.45) is 5.16 Å². The molecule has 1 heterocycles. The molecule has 0 bridgehead atoms. The van der Waals surface area contributed by atoms with Gasteiger partial charge in [-0.05, 0) is 19.1 Å². The Hall–Kier alpha value is -1.71. The molecule has 0 fully saturated rings. The highest BCUT2D eigenvalue weighted by atomic mass is 16.4. The van der Waals surface area contributed by atoms with Crippen LogP contribution in [0.4, 0.5) is 0 Å². The van der Waals surface area contributed by atoms with Gasteiger partial charge < -0.3 is 5.21 Å². The summed E-state index contributed by atoms with van der Waals surface area (Å²) in [7, 11) is 0. The van der Waals surface area contributed by atoms with Crippen molar-refractivity contribution in [1.82, 2.24) is 4.98 Å². The number of carbonyl (C=O) groups excluding carboxylic acids is 1. The van der Waals surface area contributed by atoms with Crippen molar-refractivity contribution in [3.05, 3.63) is 30.1 Å². The Bertz CT molecular complexity index is 306. The zero-order valence-corrected chi connectivity index (χ0v) is 6.56. The van der Waals surface area contributed by atoms with Crippen molar-refractivity contribution >= 4 is 11.5 Å². The van der Waals surface area contributed by atoms with Crippen molar-refractivity contribution in [1.29, 1.82) is 0 Å². The second kappa shape index (κ2) is 3.61. The van der Waals surface area contributed by atoms with E-state index in [2.05, 4.69) is 10.1 Å². The van der Waals surface area contributed by atoms with Crippen LogP contribution >= 0.6 is 0 Å². The third-order valence-electron chi connectivity index (χ3n) is 1.38. The van der Waals surface area contributed by atoms with Crippen molar-refractivity contribution in [3.8, 4) is 0 Å². The smallest absolute Gasteiger partial charge is 0.228 e. The third-order valence-corrected chi connectivity index (χ3v) is 1.38. The maximum Gasteiger partial charge on any atom is 0.228 e. The van der Waals surface area contributed by atoms with E-state index in [1.807, 2.05) is 0 Å². The van der Waals surface area contributed by atoms with Gasteiger partial charge in [0.05, 0.1) is 0 Å². The zero-order chi connectivity index (χ0) is 8.97. The molecule has 1 aromatic heterocycles. The standard InChI is InChI=1S/C8H8N2O2/c1-6(10-12)8(11)7-4-2-3-5-9-7/h2-5,12H,1H3. The number of nitrogens with zero attached hydrogens (tertiary/aromatic N) is 2. The molecule has 0 spiro atoms. The van der Waals surface area contributed by atoms with Gasteiger partial charge in [-0.25, -0.2) is 0 Å². The fourth-order valence-electron chi connectivity index (χ4n) is 0.728. The molecule has 0 radical (unpaired) electrons. The number of Topliss-reactive ketones (excluding diaryl/α,β-unsaturated/α-hetero) is 1. The van der Waals surface area contributed by atoms with Gasteiger partial charge in [-0.1, -0.05) is 11.2 Å². The van der Waals surface area contributed by atoms with Crippen LogP contribution in [0.3, 0.4) is 0 Å². The van der Waals surface area contributed by atoms with E-state index in [4.69, 9.17) is 5.21 Å². The molecule has 1 rings (SSSR count). The Balaban J connectivity index is 2.94. The predicted octanol–water partition coefficient (Wildman–Crippen LogP) is 1.11. The van der Waals surface area contributed by atoms with E-state index >= 15 is 0 Å². The monoisotopic (exact) mass is 164 g/mol. The number of ketones is 1. The number of rotatable bonds is 2. The summed E-state index contributed by atoms with van der Waals surface area (Å²) in [5.74, 6) is -0.363. The van der Waals surface area contributed by atoms with Crippen LogP contribution in [0.1, 0.15) is 17.4 Å². The van der Waals surface area contributed by atoms with Gasteiger partial charge in [-0.2, -0.15) is 0 Å². The van der Waals surface area contributed by atoms with Gasteiger partial charge >= 0.3 is 0 Å². The van der Waals surface area contributed by atoms with Gasteiger partial charge in [0.25, 0.3) is 0 Å². The molecule has 1 N–H and O–H groups in total. The van der Waals surface area contributed by atoms with Crippen LogP contribution in [-0.2, 0) is 0 Å². The minimum atomic E-state index is -0.363. The Morgan fingerprint density at radius 3 is 2.83 bits per heavy atom. The molecule has 0 aliphatic rings. The molecule has 0 atom stereocenters. The van der Waals surface area contributed by atoms with Crippen LogP contribution < -0.4 is 0 Å². The van der Waals surface area contributed by atoms with Gasteiger partial charge in [-0.3, -0.25) is 9.78 Å². The molecule has 0 aliphatic carbocycles. The Labute approximate surface area is 69.6 Å². The van der Waals surface area contributed by atoms with E-state index in [0.717, 1.165) is 0 Å². The third kappa shape index (κ3) is 1.66. The fraction of sp³-hybridized carbons (Fsp3) is 0.125. The maximum absolute atomic E-state index is 11.2. The van der Waals surface area contributed by atoms with Crippen LogP contribution in [0.25, 0.3) is 0 Å². The van der Waals surface area contributed by atoms with Crippen LogP contribution in [0.15, 0.2) is 29.6 Å². The SMILES string of the molecule is CC(=NO)C(=O)c1ccccn1. The Kier molecular flexibility index (Phi) is 2.53. The summed E-state index contributed by atoms with van der Waals surface area (Å²) in [6.07, 6.45) is 1.51. The quantitative estimate of drug-likeness (QED) is 0.308. The number of aromatic nitrogens is 1. The lowest BCUT2D eigenvalue weighted by atomic mass is 10.2. The highest BCUT2D eigenvalue weighted by Crippen LogP contribution is 1.96. The lowest BCUT2D eigenvalue weighted by Crippen LogP contribution is -2.11. The second-order valence-corrected chi connectivity index (χ2v) is 2.23. The molecule has 4 heteroatoms. The Morgan fingerprint density at radius 2 is 2.33 bits per heavy atom. The van der Waals surface area contributed by atoms with E-state index in [0.29, 0.717) is 0 Å². The molecule has 1 aromatic rings. The first-order valence-corrected chi connectivity index (χ1v) is 3.40. The van der Waals surface area contributed by atoms with E-state index in [1.165, 1.54) is 13.1 Å². The highest BCUT2D eigenvalue weighted by molar-refractivity contribution is 6.44. The molecule has 0 saturated carbocycles. The molecule has 0 amide bonds. The molecule has 0 saturated heterocycles. The number of carbonyl (C=O) groups is 1. The summed E-state index contributed by atoms with van der Waals surface area (Å²) in [6, 6.07) is 4.98. The molecule has 0 aromatic carbocycles. The minimum Gasteiger partial charge on any atom is -0.411 e.